The van der Waals surface area contributed by atoms with E-state index < -0.39 is 0 Å². The number of guanidine groups is 1. The number of anilines is 2. The summed E-state index contributed by atoms with van der Waals surface area (Å²) in [5, 5.41) is 15.6. The summed E-state index contributed by atoms with van der Waals surface area (Å²) in [6, 6.07) is 11.5. The van der Waals surface area contributed by atoms with Crippen LogP contribution in [0.4, 0.5) is 11.6 Å². The summed E-state index contributed by atoms with van der Waals surface area (Å²) in [7, 11) is 0. The van der Waals surface area contributed by atoms with E-state index in [2.05, 4.69) is 35.9 Å². The second kappa shape index (κ2) is 13.2. The minimum atomic E-state index is -0.336. The number of halogens is 2. The van der Waals surface area contributed by atoms with Gasteiger partial charge in [0, 0.05) is 48.5 Å². The molecule has 0 spiro atoms. The summed E-state index contributed by atoms with van der Waals surface area (Å²) < 4.78 is 7.44. The maximum Gasteiger partial charge on any atom is 0.262 e. The van der Waals surface area contributed by atoms with Gasteiger partial charge in [-0.1, -0.05) is 50.0 Å². The quantitative estimate of drug-likeness (QED) is 0.241. The molecule has 0 unspecified atom stereocenters. The van der Waals surface area contributed by atoms with Gasteiger partial charge in [0.1, 0.15) is 0 Å². The number of aliphatic imine (C=N–C) groups is 1. The SMILES string of the molecule is C[C@H]1[C@@H](N=C(Nc2ccc3c(=O)n(CCc4ccc(Cl)cc4Cl)c(N4CCC(O)CC4)nc3c2)N2CCOCC2)C[C@H]2C[C@H]1C2(C)C. The van der Waals surface area contributed by atoms with Crippen LogP contribution < -0.4 is 15.8 Å². The summed E-state index contributed by atoms with van der Waals surface area (Å²) in [5.41, 5.74) is 2.73. The molecule has 0 radical (unpaired) electrons. The monoisotopic (exact) mass is 680 g/mol. The van der Waals surface area contributed by atoms with Crippen molar-refractivity contribution >= 4 is 51.7 Å². The maximum absolute atomic E-state index is 14.1. The molecule has 2 N–H and O–H groups in total. The van der Waals surface area contributed by atoms with Gasteiger partial charge in [0.25, 0.3) is 5.56 Å². The molecule has 3 saturated carbocycles. The van der Waals surface area contributed by atoms with Gasteiger partial charge >= 0.3 is 0 Å². The Morgan fingerprint density at radius 2 is 1.85 bits per heavy atom. The number of ether oxygens (including phenoxy) is 1. The van der Waals surface area contributed by atoms with Gasteiger partial charge < -0.3 is 25.0 Å². The summed E-state index contributed by atoms with van der Waals surface area (Å²) in [6.45, 7) is 11.8. The molecule has 2 aliphatic heterocycles. The first-order valence-corrected chi connectivity index (χ1v) is 17.9. The van der Waals surface area contributed by atoms with Crippen LogP contribution in [0.2, 0.25) is 10.0 Å². The average Bonchev–Trinajstić information content (AvgIpc) is 3.06. The van der Waals surface area contributed by atoms with Crippen molar-refractivity contribution in [3.8, 4) is 0 Å². The predicted octanol–water partition coefficient (Wildman–Crippen LogP) is 6.08. The number of hydrogen-bond acceptors (Lipinski definition) is 6. The molecule has 2 aromatic carbocycles. The van der Waals surface area contributed by atoms with Crippen LogP contribution in [-0.2, 0) is 17.7 Å². The number of nitrogens with zero attached hydrogens (tertiary/aromatic N) is 5. The number of benzene rings is 2. The smallest absolute Gasteiger partial charge is 0.262 e. The van der Waals surface area contributed by atoms with Crippen molar-refractivity contribution in [2.75, 3.05) is 49.6 Å². The summed E-state index contributed by atoms with van der Waals surface area (Å²) in [4.78, 5) is 29.0. The van der Waals surface area contributed by atoms with E-state index in [-0.39, 0.29) is 17.7 Å². The van der Waals surface area contributed by atoms with Crippen molar-refractivity contribution in [2.45, 2.75) is 71.6 Å². The van der Waals surface area contributed by atoms with E-state index in [1.165, 1.54) is 6.42 Å². The lowest BCUT2D eigenvalue weighted by Gasteiger charge is -2.61. The van der Waals surface area contributed by atoms with Crippen molar-refractivity contribution in [2.24, 2.45) is 28.2 Å². The normalized spacial score (nSPS) is 26.4. The third-order valence-corrected chi connectivity index (χ3v) is 12.1. The van der Waals surface area contributed by atoms with Crippen LogP contribution in [0.15, 0.2) is 46.2 Å². The number of aliphatic hydroxyl groups excluding tert-OH is 1. The summed E-state index contributed by atoms with van der Waals surface area (Å²) in [6.07, 6.45) is 3.93. The zero-order valence-corrected chi connectivity index (χ0v) is 29.1. The highest BCUT2D eigenvalue weighted by atomic mass is 35.5. The zero-order valence-electron chi connectivity index (χ0n) is 27.6. The van der Waals surface area contributed by atoms with Crippen molar-refractivity contribution in [1.82, 2.24) is 14.5 Å². The van der Waals surface area contributed by atoms with Crippen LogP contribution in [-0.4, -0.2) is 77.1 Å². The highest BCUT2D eigenvalue weighted by Crippen LogP contribution is 2.61. The van der Waals surface area contributed by atoms with Gasteiger partial charge in [-0.15, -0.1) is 0 Å². The third kappa shape index (κ3) is 6.48. The lowest BCUT2D eigenvalue weighted by Crippen LogP contribution is -2.56. The van der Waals surface area contributed by atoms with Crippen molar-refractivity contribution in [3.05, 3.63) is 62.4 Å². The molecule has 8 rings (SSSR count). The minimum absolute atomic E-state index is 0.0901. The fourth-order valence-corrected chi connectivity index (χ4v) is 8.80. The number of rotatable bonds is 6. The Morgan fingerprint density at radius 1 is 1.09 bits per heavy atom. The molecule has 2 saturated heterocycles. The van der Waals surface area contributed by atoms with Gasteiger partial charge in [0.15, 0.2) is 5.96 Å². The molecule has 3 aromatic rings. The molecule has 2 bridgehead atoms. The topological polar surface area (TPSA) is 95.2 Å². The number of nitrogens with one attached hydrogen (secondary N) is 1. The highest BCUT2D eigenvalue weighted by Gasteiger charge is 2.56. The maximum atomic E-state index is 14.1. The van der Waals surface area contributed by atoms with Gasteiger partial charge in [-0.05, 0) is 91.2 Å². The molecular formula is C36H46Cl2N6O3. The van der Waals surface area contributed by atoms with E-state index in [9.17, 15) is 9.90 Å². The Balaban J connectivity index is 1.21. The van der Waals surface area contributed by atoms with E-state index in [0.717, 1.165) is 42.6 Å². The van der Waals surface area contributed by atoms with Crippen LogP contribution in [0.3, 0.4) is 0 Å². The number of aromatic nitrogens is 2. The first-order valence-electron chi connectivity index (χ1n) is 17.2. The largest absolute Gasteiger partial charge is 0.393 e. The highest BCUT2D eigenvalue weighted by molar-refractivity contribution is 6.35. The lowest BCUT2D eigenvalue weighted by atomic mass is 9.45. The molecule has 252 valence electrons. The Kier molecular flexibility index (Phi) is 9.19. The van der Waals surface area contributed by atoms with Crippen molar-refractivity contribution in [1.29, 1.82) is 0 Å². The molecule has 47 heavy (non-hydrogen) atoms. The molecule has 1 aromatic heterocycles. The minimum Gasteiger partial charge on any atom is -0.393 e. The van der Waals surface area contributed by atoms with Crippen LogP contribution >= 0.6 is 23.2 Å². The second-order valence-electron chi connectivity index (χ2n) is 14.5. The Labute approximate surface area is 286 Å². The van der Waals surface area contributed by atoms with Crippen LogP contribution in [0.1, 0.15) is 52.0 Å². The fraction of sp³-hybridized carbons (Fsp3) is 0.583. The number of fused-ring (bicyclic) bond motifs is 3. The van der Waals surface area contributed by atoms with Crippen LogP contribution in [0.5, 0.6) is 0 Å². The first-order chi connectivity index (χ1) is 22.6. The number of aliphatic hydroxyl groups is 1. The van der Waals surface area contributed by atoms with E-state index in [0.29, 0.717) is 96.3 Å². The van der Waals surface area contributed by atoms with E-state index in [1.807, 2.05) is 30.3 Å². The van der Waals surface area contributed by atoms with E-state index >= 15 is 0 Å². The summed E-state index contributed by atoms with van der Waals surface area (Å²) in [5.74, 6) is 3.45. The molecule has 9 nitrogen and oxygen atoms in total. The Hall–Kier alpha value is -2.85. The molecule has 5 aliphatic rings. The van der Waals surface area contributed by atoms with Gasteiger partial charge in [0.05, 0.1) is 36.3 Å². The third-order valence-electron chi connectivity index (χ3n) is 11.5. The first kappa shape index (κ1) is 32.7. The zero-order chi connectivity index (χ0) is 32.9. The van der Waals surface area contributed by atoms with E-state index in [1.54, 1.807) is 10.6 Å². The van der Waals surface area contributed by atoms with Crippen molar-refractivity contribution < 1.29 is 9.84 Å². The standard InChI is InChI=1S/C36H46Cl2N6O3/c1-22-29-18-24(36(29,2)3)19-31(22)40-34(42-14-16-47-17-15-42)39-26-6-7-28-32(21-26)41-35(43-11-9-27(45)10-12-43)44(33(28)46)13-8-23-4-5-25(37)20-30(23)38/h4-7,20-22,24,27,29,31,45H,8-19H2,1-3H3,(H,39,40)/t22-,24-,29-,31+/m1/s1. The number of piperidine rings is 1. The van der Waals surface area contributed by atoms with Crippen LogP contribution in [0, 0.1) is 23.2 Å². The Morgan fingerprint density at radius 3 is 2.55 bits per heavy atom. The van der Waals surface area contributed by atoms with Gasteiger partial charge in [-0.3, -0.25) is 9.36 Å². The number of hydrogen-bond donors (Lipinski definition) is 2. The van der Waals surface area contributed by atoms with Crippen LogP contribution in [0.25, 0.3) is 10.9 Å². The second-order valence-corrected chi connectivity index (χ2v) is 15.3. The average molecular weight is 682 g/mol. The Bertz CT molecular complexity index is 1710. The molecule has 4 atom stereocenters. The summed E-state index contributed by atoms with van der Waals surface area (Å²) >= 11 is 12.6. The molecular weight excluding hydrogens is 635 g/mol. The molecule has 3 aliphatic carbocycles. The number of morpholine rings is 1. The van der Waals surface area contributed by atoms with E-state index in [4.69, 9.17) is 37.9 Å². The number of aryl methyl sites for hydroxylation is 1. The predicted molar refractivity (Wildman–Crippen MR) is 190 cm³/mol. The van der Waals surface area contributed by atoms with Gasteiger partial charge in [0.2, 0.25) is 5.95 Å². The molecule has 3 heterocycles. The lowest BCUT2D eigenvalue weighted by molar-refractivity contribution is -0.108. The molecule has 0 amide bonds. The van der Waals surface area contributed by atoms with Gasteiger partial charge in [-0.2, -0.15) is 0 Å². The molecule has 11 heteroatoms. The fourth-order valence-electron chi connectivity index (χ4n) is 8.30. The van der Waals surface area contributed by atoms with Gasteiger partial charge in [-0.25, -0.2) is 9.98 Å². The van der Waals surface area contributed by atoms with Crippen molar-refractivity contribution in [3.63, 3.8) is 0 Å². The molecule has 5 fully saturated rings.